The molecule has 0 aromatic carbocycles. The number of hydrogen-bond donors (Lipinski definition) is 2. The predicted octanol–water partition coefficient (Wildman–Crippen LogP) is 0.952. The first-order valence-corrected chi connectivity index (χ1v) is 7.23. The molecule has 0 saturated heterocycles. The van der Waals surface area contributed by atoms with Crippen LogP contribution in [0, 0.1) is 0 Å². The molecule has 116 valence electrons. The fraction of sp³-hybridized carbons (Fsp3) is 0.400. The van der Waals surface area contributed by atoms with Crippen molar-refractivity contribution >= 4 is 11.8 Å². The quantitative estimate of drug-likeness (QED) is 0.849. The summed E-state index contributed by atoms with van der Waals surface area (Å²) in [6, 6.07) is 3.92. The summed E-state index contributed by atoms with van der Waals surface area (Å²) in [5.41, 5.74) is 7.66. The van der Waals surface area contributed by atoms with Crippen LogP contribution in [0.15, 0.2) is 24.5 Å². The van der Waals surface area contributed by atoms with Gasteiger partial charge in [-0.05, 0) is 26.2 Å². The first kappa shape index (κ1) is 14.5. The summed E-state index contributed by atoms with van der Waals surface area (Å²) in [6.07, 6.45) is 3.43. The third-order valence-corrected chi connectivity index (χ3v) is 3.60. The van der Waals surface area contributed by atoms with Crippen LogP contribution in [0.2, 0.25) is 0 Å². The van der Waals surface area contributed by atoms with Crippen LogP contribution in [-0.4, -0.2) is 53.6 Å². The summed E-state index contributed by atoms with van der Waals surface area (Å²) in [4.78, 5) is 14.8. The van der Waals surface area contributed by atoms with Gasteiger partial charge in [0, 0.05) is 30.8 Å². The van der Waals surface area contributed by atoms with Crippen LogP contribution in [0.25, 0.3) is 0 Å². The summed E-state index contributed by atoms with van der Waals surface area (Å²) in [5, 5.41) is 3.29. The molecule has 0 fully saturated rings. The standard InChI is InChI=1S/C15H20N6O/c1-21(2)5-6-22-10-7-11-12(9-19-14(11)18-8-10)13-3-4-17-15(16)20-13/h3-4,7-8,12H,5-6,9H2,1-2H3,(H,18,19)(H2,16,17,20). The van der Waals surface area contributed by atoms with E-state index >= 15 is 0 Å². The molecule has 0 aliphatic carbocycles. The van der Waals surface area contributed by atoms with Crippen LogP contribution in [0.5, 0.6) is 5.75 Å². The van der Waals surface area contributed by atoms with Crippen molar-refractivity contribution in [2.75, 3.05) is 44.8 Å². The van der Waals surface area contributed by atoms with Gasteiger partial charge in [-0.3, -0.25) is 0 Å². The van der Waals surface area contributed by atoms with Gasteiger partial charge in [0.05, 0.1) is 11.9 Å². The molecule has 1 aliphatic rings. The van der Waals surface area contributed by atoms with Crippen LogP contribution in [0.1, 0.15) is 17.2 Å². The van der Waals surface area contributed by atoms with E-state index in [0.29, 0.717) is 6.61 Å². The summed E-state index contributed by atoms with van der Waals surface area (Å²) < 4.78 is 5.76. The van der Waals surface area contributed by atoms with E-state index in [1.165, 1.54) is 0 Å². The van der Waals surface area contributed by atoms with Crippen molar-refractivity contribution in [2.45, 2.75) is 5.92 Å². The van der Waals surface area contributed by atoms with Crippen LogP contribution < -0.4 is 15.8 Å². The fourth-order valence-corrected chi connectivity index (χ4v) is 2.45. The molecule has 3 rings (SSSR count). The molecule has 2 aromatic heterocycles. The van der Waals surface area contributed by atoms with Crippen molar-refractivity contribution < 1.29 is 4.74 Å². The van der Waals surface area contributed by atoms with Gasteiger partial charge < -0.3 is 20.7 Å². The van der Waals surface area contributed by atoms with E-state index in [2.05, 4.69) is 25.2 Å². The molecule has 3 heterocycles. The van der Waals surface area contributed by atoms with Crippen molar-refractivity contribution in [3.8, 4) is 5.75 Å². The van der Waals surface area contributed by atoms with E-state index < -0.39 is 0 Å². The molecule has 22 heavy (non-hydrogen) atoms. The van der Waals surface area contributed by atoms with E-state index in [1.807, 2.05) is 26.2 Å². The zero-order valence-corrected chi connectivity index (χ0v) is 12.8. The zero-order chi connectivity index (χ0) is 15.5. The minimum atomic E-state index is 0.116. The molecular weight excluding hydrogens is 280 g/mol. The number of nitrogens with one attached hydrogen (secondary N) is 1. The molecule has 2 aromatic rings. The number of aromatic nitrogens is 3. The Bertz CT molecular complexity index is 660. The van der Waals surface area contributed by atoms with E-state index in [9.17, 15) is 0 Å². The second-order valence-electron chi connectivity index (χ2n) is 5.53. The van der Waals surface area contributed by atoms with Gasteiger partial charge in [0.2, 0.25) is 5.95 Å². The number of nitrogens with zero attached hydrogens (tertiary/aromatic N) is 4. The molecule has 0 bridgehead atoms. The Labute approximate surface area is 129 Å². The van der Waals surface area contributed by atoms with E-state index in [1.54, 1.807) is 12.4 Å². The molecule has 1 unspecified atom stereocenters. The first-order chi connectivity index (χ1) is 10.6. The Morgan fingerprint density at radius 2 is 2.27 bits per heavy atom. The van der Waals surface area contributed by atoms with Crippen molar-refractivity contribution in [3.63, 3.8) is 0 Å². The highest BCUT2D eigenvalue weighted by molar-refractivity contribution is 5.57. The lowest BCUT2D eigenvalue weighted by molar-refractivity contribution is 0.260. The van der Waals surface area contributed by atoms with Crippen molar-refractivity contribution in [3.05, 3.63) is 35.8 Å². The van der Waals surface area contributed by atoms with Crippen LogP contribution >= 0.6 is 0 Å². The predicted molar refractivity (Wildman–Crippen MR) is 85.1 cm³/mol. The average Bonchev–Trinajstić information content (AvgIpc) is 2.90. The minimum absolute atomic E-state index is 0.116. The normalized spacial score (nSPS) is 16.4. The number of rotatable bonds is 5. The summed E-state index contributed by atoms with van der Waals surface area (Å²) in [5.74, 6) is 2.06. The van der Waals surface area contributed by atoms with Crippen LogP contribution in [0.3, 0.4) is 0 Å². The van der Waals surface area contributed by atoms with Crippen molar-refractivity contribution in [1.29, 1.82) is 0 Å². The van der Waals surface area contributed by atoms with Crippen molar-refractivity contribution in [2.24, 2.45) is 0 Å². The number of nitrogen functional groups attached to an aromatic ring is 1. The first-order valence-electron chi connectivity index (χ1n) is 7.23. The maximum absolute atomic E-state index is 5.76. The highest BCUT2D eigenvalue weighted by Gasteiger charge is 2.26. The Hall–Kier alpha value is -2.41. The lowest BCUT2D eigenvalue weighted by Gasteiger charge is -2.13. The minimum Gasteiger partial charge on any atom is -0.491 e. The molecule has 1 aliphatic heterocycles. The van der Waals surface area contributed by atoms with Crippen LogP contribution in [0.4, 0.5) is 11.8 Å². The largest absolute Gasteiger partial charge is 0.491 e. The third-order valence-electron chi connectivity index (χ3n) is 3.60. The van der Waals surface area contributed by atoms with Gasteiger partial charge in [0.25, 0.3) is 0 Å². The lowest BCUT2D eigenvalue weighted by Crippen LogP contribution is -2.19. The summed E-state index contributed by atoms with van der Waals surface area (Å²) in [6.45, 7) is 2.24. The highest BCUT2D eigenvalue weighted by Crippen LogP contribution is 2.35. The molecule has 1 atom stereocenters. The Morgan fingerprint density at radius 3 is 3.05 bits per heavy atom. The van der Waals surface area contributed by atoms with Gasteiger partial charge in [0.1, 0.15) is 18.2 Å². The average molecular weight is 300 g/mol. The van der Waals surface area contributed by atoms with Crippen LogP contribution in [-0.2, 0) is 0 Å². The number of likely N-dealkylation sites (N-methyl/N-ethyl adjacent to an activating group) is 1. The molecule has 0 amide bonds. The third kappa shape index (κ3) is 3.09. The molecule has 0 saturated carbocycles. The van der Waals surface area contributed by atoms with Gasteiger partial charge in [-0.1, -0.05) is 0 Å². The maximum atomic E-state index is 5.76. The van der Waals surface area contributed by atoms with Gasteiger partial charge in [0.15, 0.2) is 0 Å². The Balaban J connectivity index is 1.80. The van der Waals surface area contributed by atoms with E-state index in [0.717, 1.165) is 35.9 Å². The van der Waals surface area contributed by atoms with Gasteiger partial charge in [-0.15, -0.1) is 0 Å². The number of fused-ring (bicyclic) bond motifs is 1. The number of anilines is 2. The van der Waals surface area contributed by atoms with E-state index in [-0.39, 0.29) is 11.9 Å². The fourth-order valence-electron chi connectivity index (χ4n) is 2.45. The number of nitrogens with two attached hydrogens (primary N) is 1. The topological polar surface area (TPSA) is 89.2 Å². The highest BCUT2D eigenvalue weighted by atomic mass is 16.5. The number of ether oxygens (including phenoxy) is 1. The molecule has 0 spiro atoms. The molecule has 7 heteroatoms. The monoisotopic (exact) mass is 300 g/mol. The van der Waals surface area contributed by atoms with E-state index in [4.69, 9.17) is 10.5 Å². The molecular formula is C15H20N6O. The smallest absolute Gasteiger partial charge is 0.220 e. The molecule has 3 N–H and O–H groups in total. The number of pyridine rings is 1. The van der Waals surface area contributed by atoms with Gasteiger partial charge in [-0.2, -0.15) is 0 Å². The lowest BCUT2D eigenvalue weighted by atomic mass is 9.99. The second-order valence-corrected chi connectivity index (χ2v) is 5.53. The summed E-state index contributed by atoms with van der Waals surface area (Å²) in [7, 11) is 4.04. The Morgan fingerprint density at radius 1 is 1.41 bits per heavy atom. The molecule has 7 nitrogen and oxygen atoms in total. The zero-order valence-electron chi connectivity index (χ0n) is 12.8. The van der Waals surface area contributed by atoms with Crippen molar-refractivity contribution in [1.82, 2.24) is 19.9 Å². The van der Waals surface area contributed by atoms with Gasteiger partial charge in [-0.25, -0.2) is 15.0 Å². The Kier molecular flexibility index (Phi) is 4.06. The summed E-state index contributed by atoms with van der Waals surface area (Å²) >= 11 is 0. The maximum Gasteiger partial charge on any atom is 0.220 e. The molecule has 0 radical (unpaired) electrons. The number of hydrogen-bond acceptors (Lipinski definition) is 7. The van der Waals surface area contributed by atoms with Gasteiger partial charge >= 0.3 is 0 Å². The SMILES string of the molecule is CN(C)CCOc1cnc2c(c1)C(c1ccnc(N)n1)CN2. The second kappa shape index (κ2) is 6.15.